The van der Waals surface area contributed by atoms with Crippen molar-refractivity contribution in [1.82, 2.24) is 9.88 Å². The largest absolute Gasteiger partial charge is 0.340 e. The lowest BCUT2D eigenvalue weighted by Gasteiger charge is -2.19. The Kier molecular flexibility index (Phi) is 13.5. The molecule has 5 nitrogen and oxygen atoms in total. The van der Waals surface area contributed by atoms with Gasteiger partial charge in [-0.25, -0.2) is 4.99 Å². The number of rotatable bonds is 7. The number of nitrogens with zero attached hydrogens (tertiary/aromatic N) is 3. The first-order valence-corrected chi connectivity index (χ1v) is 11.4. The second-order valence-corrected chi connectivity index (χ2v) is 7.66. The molecule has 30 heavy (non-hydrogen) atoms. The maximum absolute atomic E-state index is 12.3. The number of allylic oxidation sites excluding steroid dienone is 1. The van der Waals surface area contributed by atoms with Crippen molar-refractivity contribution in [3.8, 4) is 0 Å². The molecule has 0 spiro atoms. The summed E-state index contributed by atoms with van der Waals surface area (Å²) in [5.41, 5.74) is 4.34. The van der Waals surface area contributed by atoms with Crippen molar-refractivity contribution >= 4 is 35.0 Å². The highest BCUT2D eigenvalue weighted by Crippen LogP contribution is 2.33. The number of aryl methyl sites for hydroxylation is 1. The van der Waals surface area contributed by atoms with Gasteiger partial charge in [-0.2, -0.15) is 0 Å². The van der Waals surface area contributed by atoms with E-state index in [-0.39, 0.29) is 11.7 Å². The predicted octanol–water partition coefficient (Wildman–Crippen LogP) is 6.88. The van der Waals surface area contributed by atoms with E-state index in [1.165, 1.54) is 0 Å². The van der Waals surface area contributed by atoms with E-state index < -0.39 is 0 Å². The molecule has 6 heteroatoms. The van der Waals surface area contributed by atoms with Crippen molar-refractivity contribution in [3.05, 3.63) is 28.2 Å². The van der Waals surface area contributed by atoms with E-state index in [0.29, 0.717) is 16.9 Å². The Hall–Kier alpha value is -1.72. The van der Waals surface area contributed by atoms with Crippen LogP contribution in [0, 0.1) is 12.8 Å². The van der Waals surface area contributed by atoms with E-state index in [1.54, 1.807) is 13.1 Å². The third-order valence-corrected chi connectivity index (χ3v) is 5.25. The van der Waals surface area contributed by atoms with Crippen molar-refractivity contribution in [2.45, 2.75) is 80.7 Å². The van der Waals surface area contributed by atoms with Crippen molar-refractivity contribution in [2.24, 2.45) is 15.9 Å². The van der Waals surface area contributed by atoms with Crippen LogP contribution in [0.1, 0.15) is 89.8 Å². The quantitative estimate of drug-likeness (QED) is 0.288. The summed E-state index contributed by atoms with van der Waals surface area (Å²) in [6, 6.07) is 0.324. The van der Waals surface area contributed by atoms with Gasteiger partial charge < -0.3 is 9.88 Å². The maximum Gasteiger partial charge on any atom is 0.178 e. The summed E-state index contributed by atoms with van der Waals surface area (Å²) >= 11 is 6.22. The van der Waals surface area contributed by atoms with Crippen molar-refractivity contribution in [2.75, 3.05) is 14.1 Å². The minimum Gasteiger partial charge on any atom is -0.340 e. The van der Waals surface area contributed by atoms with Crippen LogP contribution in [0.5, 0.6) is 0 Å². The number of carbonyl (C=O) groups excluding carboxylic acids is 1. The summed E-state index contributed by atoms with van der Waals surface area (Å²) in [4.78, 5) is 21.3. The number of aromatic nitrogens is 1. The fourth-order valence-corrected chi connectivity index (χ4v) is 3.68. The molecule has 2 unspecified atom stereocenters. The fourth-order valence-electron chi connectivity index (χ4n) is 3.34. The Bertz CT molecular complexity index is 774. The van der Waals surface area contributed by atoms with Crippen LogP contribution in [-0.4, -0.2) is 36.4 Å². The molecule has 0 bridgehead atoms. The van der Waals surface area contributed by atoms with E-state index in [2.05, 4.69) is 46.8 Å². The number of aliphatic imine (C=N–C) groups is 2. The Morgan fingerprint density at radius 3 is 2.30 bits per heavy atom. The van der Waals surface area contributed by atoms with Gasteiger partial charge in [0.1, 0.15) is 10.9 Å². The number of hydrogen-bond donors (Lipinski definition) is 1. The molecule has 170 valence electrons. The van der Waals surface area contributed by atoms with Crippen molar-refractivity contribution in [1.29, 1.82) is 0 Å². The van der Waals surface area contributed by atoms with Gasteiger partial charge in [-0.05, 0) is 46.3 Å². The highest BCUT2D eigenvalue weighted by atomic mass is 35.5. The summed E-state index contributed by atoms with van der Waals surface area (Å²) < 4.78 is 2.11. The zero-order chi connectivity index (χ0) is 23.4. The fraction of sp³-hybridized carbons (Fsp3) is 0.625. The molecule has 0 amide bonds. The smallest absolute Gasteiger partial charge is 0.178 e. The third kappa shape index (κ3) is 7.21. The molecule has 0 aromatic carbocycles. The molecule has 0 saturated carbocycles. The number of ketones is 1. The summed E-state index contributed by atoms with van der Waals surface area (Å²) in [6.45, 7) is 16.0. The van der Waals surface area contributed by atoms with E-state index in [1.807, 2.05) is 41.8 Å². The van der Waals surface area contributed by atoms with Crippen LogP contribution in [0.25, 0.3) is 0 Å². The molecule has 1 aliphatic heterocycles. The Morgan fingerprint density at radius 2 is 1.90 bits per heavy atom. The van der Waals surface area contributed by atoms with Gasteiger partial charge >= 0.3 is 0 Å². The first kappa shape index (κ1) is 28.3. The predicted molar refractivity (Wildman–Crippen MR) is 133 cm³/mol. The molecule has 0 fully saturated rings. The second-order valence-electron chi connectivity index (χ2n) is 7.30. The van der Waals surface area contributed by atoms with Gasteiger partial charge in [-0.1, -0.05) is 52.6 Å². The minimum atomic E-state index is 0.0433. The summed E-state index contributed by atoms with van der Waals surface area (Å²) in [6.07, 6.45) is 6.96. The summed E-state index contributed by atoms with van der Waals surface area (Å²) in [5.74, 6) is 0.199. The molecule has 2 heterocycles. The zero-order valence-corrected chi connectivity index (χ0v) is 21.3. The van der Waals surface area contributed by atoms with Gasteiger partial charge in [-0.3, -0.25) is 9.79 Å². The average molecular weight is 437 g/mol. The van der Waals surface area contributed by atoms with Crippen LogP contribution < -0.4 is 5.32 Å². The third-order valence-electron chi connectivity index (χ3n) is 4.95. The molecule has 0 aliphatic carbocycles. The average Bonchev–Trinajstić information content (AvgIpc) is 3.16. The molecule has 2 rings (SSSR count). The standard InChI is InChI=1S/C20H28ClN3O.C2H7N.C2H6/c1-7-9-16(8-2)24-11-12(3)18(19(24)15(6)25)22-10-17-13(4)14(5)23-20(17)21;1-3-2;1-2/h10-11,13,16H,7-9H2,1-6H3;3H,1-2H3;1-2H3. The molecule has 0 radical (unpaired) electrons. The van der Waals surface area contributed by atoms with Crippen LogP contribution >= 0.6 is 11.6 Å². The Balaban J connectivity index is 0.00000154. The lowest BCUT2D eigenvalue weighted by atomic mass is 10.0. The topological polar surface area (TPSA) is 58.8 Å². The van der Waals surface area contributed by atoms with Gasteiger partial charge in [0, 0.05) is 42.6 Å². The van der Waals surface area contributed by atoms with Gasteiger partial charge in [0.2, 0.25) is 0 Å². The van der Waals surface area contributed by atoms with Crippen LogP contribution in [0.15, 0.2) is 26.9 Å². The molecule has 1 N–H and O–H groups in total. The number of nitrogens with one attached hydrogen (secondary N) is 1. The molecular formula is C24H41ClN4O. The summed E-state index contributed by atoms with van der Waals surface area (Å²) in [7, 11) is 3.75. The monoisotopic (exact) mass is 436 g/mol. The maximum atomic E-state index is 12.3. The van der Waals surface area contributed by atoms with E-state index in [9.17, 15) is 4.79 Å². The lowest BCUT2D eigenvalue weighted by Crippen LogP contribution is -2.12. The second kappa shape index (κ2) is 14.3. The molecule has 1 aliphatic rings. The van der Waals surface area contributed by atoms with E-state index in [0.717, 1.165) is 41.8 Å². The van der Waals surface area contributed by atoms with Crippen LogP contribution in [-0.2, 0) is 0 Å². The van der Waals surface area contributed by atoms with Gasteiger partial charge in [0.05, 0.1) is 5.69 Å². The Morgan fingerprint density at radius 1 is 1.33 bits per heavy atom. The van der Waals surface area contributed by atoms with E-state index in [4.69, 9.17) is 11.6 Å². The molecule has 1 aromatic rings. The number of hydrogen-bond acceptors (Lipinski definition) is 4. The number of halogens is 1. The van der Waals surface area contributed by atoms with Gasteiger partial charge in [0.15, 0.2) is 5.78 Å². The van der Waals surface area contributed by atoms with Gasteiger partial charge in [-0.15, -0.1) is 0 Å². The minimum absolute atomic E-state index is 0.0433. The number of Topliss-reactive ketones (excluding diaryl/α,β-unsaturated/α-hetero) is 1. The first-order valence-electron chi connectivity index (χ1n) is 11.0. The Labute approximate surface area is 188 Å². The highest BCUT2D eigenvalue weighted by Gasteiger charge is 2.23. The lowest BCUT2D eigenvalue weighted by molar-refractivity contribution is 0.100. The van der Waals surface area contributed by atoms with Crippen molar-refractivity contribution < 1.29 is 4.79 Å². The van der Waals surface area contributed by atoms with Crippen molar-refractivity contribution in [3.63, 3.8) is 0 Å². The zero-order valence-electron chi connectivity index (χ0n) is 20.6. The molecule has 0 saturated heterocycles. The van der Waals surface area contributed by atoms with Crippen LogP contribution in [0.2, 0.25) is 0 Å². The first-order chi connectivity index (χ1) is 14.2. The highest BCUT2D eigenvalue weighted by molar-refractivity contribution is 6.33. The van der Waals surface area contributed by atoms with Gasteiger partial charge in [0.25, 0.3) is 0 Å². The SMILES string of the molecule is CC.CCCC(CC)n1cc(C)c(N=CC2=C(Cl)N=C(C)C2C)c1C(C)=O.CNC. The van der Waals surface area contributed by atoms with E-state index >= 15 is 0 Å². The molecule has 1 aromatic heterocycles. The van der Waals surface area contributed by atoms with Crippen LogP contribution in [0.3, 0.4) is 0 Å². The number of carbonyl (C=O) groups is 1. The summed E-state index contributed by atoms with van der Waals surface area (Å²) in [5, 5.41) is 3.24. The molecular weight excluding hydrogens is 396 g/mol. The van der Waals surface area contributed by atoms with Crippen LogP contribution in [0.4, 0.5) is 5.69 Å². The molecule has 2 atom stereocenters. The normalized spacial score (nSPS) is 16.6.